The molecule has 0 amide bonds. The molecule has 1 unspecified atom stereocenters. The molecular formula is C16H16ClFO. The Hall–Kier alpha value is -1.54. The van der Waals surface area contributed by atoms with Gasteiger partial charge in [0.15, 0.2) is 0 Å². The zero-order chi connectivity index (χ0) is 13.7. The summed E-state index contributed by atoms with van der Waals surface area (Å²) in [5.41, 5.74) is 2.06. The van der Waals surface area contributed by atoms with Gasteiger partial charge in [-0.3, -0.25) is 0 Å². The van der Waals surface area contributed by atoms with Crippen LogP contribution < -0.4 is 4.74 Å². The molecule has 0 aromatic heterocycles. The molecule has 0 aliphatic rings. The van der Waals surface area contributed by atoms with E-state index in [2.05, 4.69) is 0 Å². The second kappa shape index (κ2) is 6.58. The first-order chi connectivity index (χ1) is 9.22. The summed E-state index contributed by atoms with van der Waals surface area (Å²) in [4.78, 5) is 0. The number of alkyl halides is 1. The van der Waals surface area contributed by atoms with Crippen LogP contribution in [0.1, 0.15) is 17.0 Å². The first-order valence-electron chi connectivity index (χ1n) is 6.17. The Bertz CT molecular complexity index is 542. The summed E-state index contributed by atoms with van der Waals surface area (Å²) in [7, 11) is 1.64. The van der Waals surface area contributed by atoms with Crippen molar-refractivity contribution in [3.05, 3.63) is 65.5 Å². The molecule has 19 heavy (non-hydrogen) atoms. The standard InChI is InChI=1S/C16H16ClFO/c1-19-16-7-2-4-12(9-16)8-14(11-17)13-5-3-6-15(18)10-13/h2-7,9-10,14H,8,11H2,1H3. The van der Waals surface area contributed by atoms with Gasteiger partial charge in [0.1, 0.15) is 11.6 Å². The summed E-state index contributed by atoms with van der Waals surface area (Å²) in [6.07, 6.45) is 0.768. The highest BCUT2D eigenvalue weighted by molar-refractivity contribution is 6.18. The smallest absolute Gasteiger partial charge is 0.123 e. The first-order valence-corrected chi connectivity index (χ1v) is 6.70. The predicted octanol–water partition coefficient (Wildman–Crippen LogP) is 4.40. The molecule has 2 aromatic carbocycles. The van der Waals surface area contributed by atoms with Gasteiger partial charge < -0.3 is 4.74 Å². The lowest BCUT2D eigenvalue weighted by Gasteiger charge is -2.15. The first kappa shape index (κ1) is 13.9. The number of methoxy groups -OCH3 is 1. The lowest BCUT2D eigenvalue weighted by molar-refractivity contribution is 0.414. The Labute approximate surface area is 118 Å². The molecule has 0 saturated carbocycles. The predicted molar refractivity (Wildman–Crippen MR) is 76.6 cm³/mol. The lowest BCUT2D eigenvalue weighted by Crippen LogP contribution is -2.05. The molecule has 0 N–H and O–H groups in total. The fraction of sp³-hybridized carbons (Fsp3) is 0.250. The van der Waals surface area contributed by atoms with Crippen molar-refractivity contribution in [1.82, 2.24) is 0 Å². The van der Waals surface area contributed by atoms with E-state index in [1.807, 2.05) is 30.3 Å². The van der Waals surface area contributed by atoms with E-state index in [0.29, 0.717) is 5.88 Å². The van der Waals surface area contributed by atoms with Gasteiger partial charge in [-0.2, -0.15) is 0 Å². The highest BCUT2D eigenvalue weighted by Gasteiger charge is 2.12. The monoisotopic (exact) mass is 278 g/mol. The minimum absolute atomic E-state index is 0.101. The number of rotatable bonds is 5. The van der Waals surface area contributed by atoms with Gasteiger partial charge in [-0.15, -0.1) is 11.6 Å². The van der Waals surface area contributed by atoms with Crippen molar-refractivity contribution in [2.24, 2.45) is 0 Å². The molecule has 3 heteroatoms. The molecule has 0 saturated heterocycles. The van der Waals surface area contributed by atoms with E-state index in [1.54, 1.807) is 19.2 Å². The number of ether oxygens (including phenoxy) is 1. The molecule has 2 aromatic rings. The number of hydrogen-bond donors (Lipinski definition) is 0. The molecular weight excluding hydrogens is 263 g/mol. The molecule has 0 radical (unpaired) electrons. The largest absolute Gasteiger partial charge is 0.497 e. The summed E-state index contributed by atoms with van der Waals surface area (Å²) in [6, 6.07) is 14.5. The fourth-order valence-electron chi connectivity index (χ4n) is 2.11. The third-order valence-electron chi connectivity index (χ3n) is 3.12. The topological polar surface area (TPSA) is 9.23 Å². The van der Waals surface area contributed by atoms with Gasteiger partial charge in [0, 0.05) is 11.8 Å². The maximum absolute atomic E-state index is 13.3. The average molecular weight is 279 g/mol. The Balaban J connectivity index is 2.18. The summed E-state index contributed by atoms with van der Waals surface area (Å²) >= 11 is 6.02. The molecule has 0 fully saturated rings. The Morgan fingerprint density at radius 2 is 1.95 bits per heavy atom. The van der Waals surface area contributed by atoms with Crippen molar-refractivity contribution < 1.29 is 9.13 Å². The van der Waals surface area contributed by atoms with Crippen molar-refractivity contribution in [3.63, 3.8) is 0 Å². The van der Waals surface area contributed by atoms with Gasteiger partial charge in [0.2, 0.25) is 0 Å². The van der Waals surface area contributed by atoms with Crippen LogP contribution >= 0.6 is 11.6 Å². The van der Waals surface area contributed by atoms with Gasteiger partial charge in [-0.1, -0.05) is 24.3 Å². The van der Waals surface area contributed by atoms with Gasteiger partial charge >= 0.3 is 0 Å². The summed E-state index contributed by atoms with van der Waals surface area (Å²) in [6.45, 7) is 0. The normalized spacial score (nSPS) is 12.2. The minimum atomic E-state index is -0.224. The van der Waals surface area contributed by atoms with Crippen molar-refractivity contribution >= 4 is 11.6 Å². The van der Waals surface area contributed by atoms with Crippen molar-refractivity contribution in [2.75, 3.05) is 13.0 Å². The van der Waals surface area contributed by atoms with Crippen LogP contribution in [0.2, 0.25) is 0 Å². The number of hydrogen-bond acceptors (Lipinski definition) is 1. The Morgan fingerprint density at radius 1 is 1.16 bits per heavy atom. The number of benzene rings is 2. The zero-order valence-electron chi connectivity index (χ0n) is 10.8. The second-order valence-electron chi connectivity index (χ2n) is 4.46. The highest BCUT2D eigenvalue weighted by atomic mass is 35.5. The lowest BCUT2D eigenvalue weighted by atomic mass is 9.93. The summed E-state index contributed by atoms with van der Waals surface area (Å²) in [5.74, 6) is 1.16. The zero-order valence-corrected chi connectivity index (χ0v) is 11.5. The molecule has 0 bridgehead atoms. The molecule has 1 atom stereocenters. The van der Waals surface area contributed by atoms with E-state index in [-0.39, 0.29) is 11.7 Å². The van der Waals surface area contributed by atoms with Crippen molar-refractivity contribution in [2.45, 2.75) is 12.3 Å². The van der Waals surface area contributed by atoms with E-state index in [0.717, 1.165) is 23.3 Å². The van der Waals surface area contributed by atoms with Crippen LogP contribution in [0, 0.1) is 5.82 Å². The highest BCUT2D eigenvalue weighted by Crippen LogP contribution is 2.24. The van der Waals surface area contributed by atoms with E-state index in [9.17, 15) is 4.39 Å². The SMILES string of the molecule is COc1cccc(CC(CCl)c2cccc(F)c2)c1. The van der Waals surface area contributed by atoms with E-state index >= 15 is 0 Å². The summed E-state index contributed by atoms with van der Waals surface area (Å²) in [5, 5.41) is 0. The molecule has 0 aliphatic heterocycles. The fourth-order valence-corrected chi connectivity index (χ4v) is 2.39. The van der Waals surface area contributed by atoms with Crippen LogP contribution in [0.15, 0.2) is 48.5 Å². The maximum Gasteiger partial charge on any atom is 0.123 e. The molecule has 1 nitrogen and oxygen atoms in total. The Kier molecular flexibility index (Phi) is 4.80. The van der Waals surface area contributed by atoms with Crippen LogP contribution in [-0.4, -0.2) is 13.0 Å². The van der Waals surface area contributed by atoms with Gasteiger partial charge in [-0.25, -0.2) is 4.39 Å². The van der Waals surface area contributed by atoms with Crippen LogP contribution in [0.4, 0.5) is 4.39 Å². The van der Waals surface area contributed by atoms with Crippen LogP contribution in [-0.2, 0) is 6.42 Å². The van der Waals surface area contributed by atoms with Crippen LogP contribution in [0.3, 0.4) is 0 Å². The second-order valence-corrected chi connectivity index (χ2v) is 4.77. The Morgan fingerprint density at radius 3 is 2.63 bits per heavy atom. The molecule has 0 aliphatic carbocycles. The number of halogens is 2. The quantitative estimate of drug-likeness (QED) is 0.737. The van der Waals surface area contributed by atoms with Gasteiger partial charge in [0.25, 0.3) is 0 Å². The van der Waals surface area contributed by atoms with Crippen LogP contribution in [0.5, 0.6) is 5.75 Å². The van der Waals surface area contributed by atoms with Crippen molar-refractivity contribution in [3.8, 4) is 5.75 Å². The molecule has 0 heterocycles. The molecule has 0 spiro atoms. The van der Waals surface area contributed by atoms with E-state index in [4.69, 9.17) is 16.3 Å². The van der Waals surface area contributed by atoms with Gasteiger partial charge in [0.05, 0.1) is 7.11 Å². The minimum Gasteiger partial charge on any atom is -0.497 e. The third kappa shape index (κ3) is 3.71. The molecule has 100 valence electrons. The maximum atomic E-state index is 13.3. The van der Waals surface area contributed by atoms with E-state index < -0.39 is 0 Å². The van der Waals surface area contributed by atoms with Crippen LogP contribution in [0.25, 0.3) is 0 Å². The van der Waals surface area contributed by atoms with Gasteiger partial charge in [-0.05, 0) is 41.8 Å². The average Bonchev–Trinajstić information content (AvgIpc) is 2.45. The van der Waals surface area contributed by atoms with Crippen molar-refractivity contribution in [1.29, 1.82) is 0 Å². The van der Waals surface area contributed by atoms with E-state index in [1.165, 1.54) is 6.07 Å². The molecule has 2 rings (SSSR count). The summed E-state index contributed by atoms with van der Waals surface area (Å²) < 4.78 is 18.5. The third-order valence-corrected chi connectivity index (χ3v) is 3.50.